The molecule has 0 unspecified atom stereocenters. The van der Waals surface area contributed by atoms with E-state index in [4.69, 9.17) is 4.74 Å². The molecule has 3 aromatic rings. The van der Waals surface area contributed by atoms with Gasteiger partial charge in [0.1, 0.15) is 11.6 Å². The first kappa shape index (κ1) is 16.1. The Morgan fingerprint density at radius 2 is 2.04 bits per heavy atom. The average Bonchev–Trinajstić information content (AvgIpc) is 2.91. The van der Waals surface area contributed by atoms with Gasteiger partial charge < -0.3 is 14.6 Å². The number of hydrogen-bond acceptors (Lipinski definition) is 3. The molecule has 0 atom stereocenters. The minimum absolute atomic E-state index is 0.00493. The van der Waals surface area contributed by atoms with Crippen LogP contribution in [0.25, 0.3) is 11.0 Å². The highest BCUT2D eigenvalue weighted by Crippen LogP contribution is 2.15. The zero-order valence-electron chi connectivity index (χ0n) is 14.0. The number of methoxy groups -OCH3 is 1. The number of amides is 1. The van der Waals surface area contributed by atoms with E-state index in [0.29, 0.717) is 19.5 Å². The standard InChI is InChI=1S/C19H21N3O2/c1-14-21-17-8-3-4-9-18(17)22(14)11-10-20-19(23)13-15-6-5-7-16(12-15)24-2/h3-9,12H,10-11,13H2,1-2H3,(H,20,23). The SMILES string of the molecule is COc1cccc(CC(=O)NCCn2c(C)nc3ccccc32)c1. The van der Waals surface area contributed by atoms with Crippen LogP contribution in [0.2, 0.25) is 0 Å². The largest absolute Gasteiger partial charge is 0.497 e. The van der Waals surface area contributed by atoms with E-state index in [-0.39, 0.29) is 5.91 Å². The maximum atomic E-state index is 12.1. The van der Waals surface area contributed by atoms with Gasteiger partial charge in [0.2, 0.25) is 5.91 Å². The first-order chi connectivity index (χ1) is 11.7. The molecule has 0 aliphatic rings. The van der Waals surface area contributed by atoms with Crippen molar-refractivity contribution < 1.29 is 9.53 Å². The molecule has 0 spiro atoms. The summed E-state index contributed by atoms with van der Waals surface area (Å²) in [6.45, 7) is 3.26. The number of ether oxygens (including phenoxy) is 1. The molecule has 0 saturated heterocycles. The molecule has 124 valence electrons. The molecule has 1 heterocycles. The molecule has 0 radical (unpaired) electrons. The molecule has 5 nitrogen and oxygen atoms in total. The second-order valence-corrected chi connectivity index (χ2v) is 5.68. The van der Waals surface area contributed by atoms with Gasteiger partial charge in [0.25, 0.3) is 0 Å². The monoisotopic (exact) mass is 323 g/mol. The van der Waals surface area contributed by atoms with E-state index < -0.39 is 0 Å². The van der Waals surface area contributed by atoms with Crippen LogP contribution >= 0.6 is 0 Å². The molecule has 5 heteroatoms. The van der Waals surface area contributed by atoms with Crippen LogP contribution in [0.4, 0.5) is 0 Å². The Balaban J connectivity index is 1.57. The van der Waals surface area contributed by atoms with E-state index in [0.717, 1.165) is 28.2 Å². The van der Waals surface area contributed by atoms with Crippen molar-refractivity contribution in [3.8, 4) is 5.75 Å². The van der Waals surface area contributed by atoms with Gasteiger partial charge in [-0.25, -0.2) is 4.98 Å². The summed E-state index contributed by atoms with van der Waals surface area (Å²) in [7, 11) is 1.62. The van der Waals surface area contributed by atoms with Gasteiger partial charge in [-0.2, -0.15) is 0 Å². The normalized spacial score (nSPS) is 10.8. The highest BCUT2D eigenvalue weighted by molar-refractivity contribution is 5.79. The van der Waals surface area contributed by atoms with Gasteiger partial charge in [-0.05, 0) is 36.8 Å². The predicted molar refractivity (Wildman–Crippen MR) is 94.2 cm³/mol. The number of aromatic nitrogens is 2. The molecular weight excluding hydrogens is 302 g/mol. The number of para-hydroxylation sites is 2. The van der Waals surface area contributed by atoms with E-state index in [1.165, 1.54) is 0 Å². The lowest BCUT2D eigenvalue weighted by molar-refractivity contribution is -0.120. The van der Waals surface area contributed by atoms with Crippen LogP contribution in [-0.2, 0) is 17.8 Å². The summed E-state index contributed by atoms with van der Waals surface area (Å²) in [5.41, 5.74) is 3.02. The van der Waals surface area contributed by atoms with Gasteiger partial charge in [-0.3, -0.25) is 4.79 Å². The highest BCUT2D eigenvalue weighted by atomic mass is 16.5. The molecule has 1 aromatic heterocycles. The maximum Gasteiger partial charge on any atom is 0.224 e. The van der Waals surface area contributed by atoms with Gasteiger partial charge in [-0.1, -0.05) is 24.3 Å². The number of aryl methyl sites for hydroxylation is 1. The number of fused-ring (bicyclic) bond motifs is 1. The topological polar surface area (TPSA) is 56.1 Å². The number of carbonyl (C=O) groups is 1. The Morgan fingerprint density at radius 1 is 1.21 bits per heavy atom. The van der Waals surface area contributed by atoms with Crippen LogP contribution in [-0.4, -0.2) is 29.1 Å². The first-order valence-electron chi connectivity index (χ1n) is 7.99. The van der Waals surface area contributed by atoms with Gasteiger partial charge in [0.05, 0.1) is 24.6 Å². The summed E-state index contributed by atoms with van der Waals surface area (Å²) in [5.74, 6) is 1.73. The van der Waals surface area contributed by atoms with Gasteiger partial charge in [-0.15, -0.1) is 0 Å². The van der Waals surface area contributed by atoms with Gasteiger partial charge in [0.15, 0.2) is 0 Å². The second kappa shape index (κ2) is 7.17. The summed E-state index contributed by atoms with van der Waals surface area (Å²) >= 11 is 0. The van der Waals surface area contributed by atoms with Gasteiger partial charge in [0, 0.05) is 13.1 Å². The molecule has 2 aromatic carbocycles. The summed E-state index contributed by atoms with van der Waals surface area (Å²) in [6, 6.07) is 15.6. The van der Waals surface area contributed by atoms with Crippen LogP contribution in [0.15, 0.2) is 48.5 Å². The van der Waals surface area contributed by atoms with E-state index in [9.17, 15) is 4.79 Å². The second-order valence-electron chi connectivity index (χ2n) is 5.68. The highest BCUT2D eigenvalue weighted by Gasteiger charge is 2.08. The Morgan fingerprint density at radius 3 is 2.88 bits per heavy atom. The summed E-state index contributed by atoms with van der Waals surface area (Å²) in [4.78, 5) is 16.6. The number of nitrogens with one attached hydrogen (secondary N) is 1. The van der Waals surface area contributed by atoms with Crippen molar-refractivity contribution in [1.82, 2.24) is 14.9 Å². The quantitative estimate of drug-likeness (QED) is 0.759. The van der Waals surface area contributed by atoms with Crippen LogP contribution < -0.4 is 10.1 Å². The number of imidazole rings is 1. The molecule has 0 saturated carbocycles. The van der Waals surface area contributed by atoms with Crippen LogP contribution in [0.5, 0.6) is 5.75 Å². The minimum atomic E-state index is 0.00493. The van der Waals surface area contributed by atoms with Crippen molar-refractivity contribution >= 4 is 16.9 Å². The Kier molecular flexibility index (Phi) is 4.79. The lowest BCUT2D eigenvalue weighted by Gasteiger charge is -2.09. The van der Waals surface area contributed by atoms with Crippen LogP contribution in [0.1, 0.15) is 11.4 Å². The molecule has 3 rings (SSSR count). The molecule has 1 N–H and O–H groups in total. The van der Waals surface area contributed by atoms with Crippen molar-refractivity contribution in [3.05, 3.63) is 59.9 Å². The van der Waals surface area contributed by atoms with Crippen molar-refractivity contribution in [1.29, 1.82) is 0 Å². The lowest BCUT2D eigenvalue weighted by atomic mass is 10.1. The van der Waals surface area contributed by atoms with Crippen LogP contribution in [0, 0.1) is 6.92 Å². The van der Waals surface area contributed by atoms with E-state index in [2.05, 4.69) is 14.9 Å². The fourth-order valence-electron chi connectivity index (χ4n) is 2.82. The van der Waals surface area contributed by atoms with Crippen molar-refractivity contribution in [3.63, 3.8) is 0 Å². The predicted octanol–water partition coefficient (Wildman–Crippen LogP) is 2.71. The third-order valence-corrected chi connectivity index (χ3v) is 4.00. The molecule has 0 aliphatic heterocycles. The molecular formula is C19H21N3O2. The Labute approximate surface area is 141 Å². The lowest BCUT2D eigenvalue weighted by Crippen LogP contribution is -2.28. The maximum absolute atomic E-state index is 12.1. The van der Waals surface area contributed by atoms with Crippen molar-refractivity contribution in [2.24, 2.45) is 0 Å². The van der Waals surface area contributed by atoms with E-state index in [1.54, 1.807) is 7.11 Å². The summed E-state index contributed by atoms with van der Waals surface area (Å²) in [6.07, 6.45) is 0.348. The summed E-state index contributed by atoms with van der Waals surface area (Å²) < 4.78 is 7.30. The number of nitrogens with zero attached hydrogens (tertiary/aromatic N) is 2. The molecule has 0 fully saturated rings. The minimum Gasteiger partial charge on any atom is -0.497 e. The van der Waals surface area contributed by atoms with Crippen molar-refractivity contribution in [2.75, 3.05) is 13.7 Å². The number of carbonyl (C=O) groups excluding carboxylic acids is 1. The average molecular weight is 323 g/mol. The van der Waals surface area contributed by atoms with E-state index in [1.807, 2.05) is 55.5 Å². The number of benzene rings is 2. The molecule has 24 heavy (non-hydrogen) atoms. The number of rotatable bonds is 6. The Hall–Kier alpha value is -2.82. The fraction of sp³-hybridized carbons (Fsp3) is 0.263. The van der Waals surface area contributed by atoms with Gasteiger partial charge >= 0.3 is 0 Å². The van der Waals surface area contributed by atoms with E-state index >= 15 is 0 Å². The third kappa shape index (κ3) is 3.56. The fourth-order valence-corrected chi connectivity index (χ4v) is 2.82. The van der Waals surface area contributed by atoms with Crippen molar-refractivity contribution in [2.45, 2.75) is 19.9 Å². The number of hydrogen-bond donors (Lipinski definition) is 1. The molecule has 0 aliphatic carbocycles. The third-order valence-electron chi connectivity index (χ3n) is 4.00. The molecule has 1 amide bonds. The summed E-state index contributed by atoms with van der Waals surface area (Å²) in [5, 5.41) is 2.97. The first-order valence-corrected chi connectivity index (χ1v) is 7.99. The zero-order valence-corrected chi connectivity index (χ0v) is 14.0. The Bertz CT molecular complexity index is 855. The zero-order chi connectivity index (χ0) is 16.9. The van der Waals surface area contributed by atoms with Crippen LogP contribution in [0.3, 0.4) is 0 Å². The molecule has 0 bridgehead atoms. The smallest absolute Gasteiger partial charge is 0.224 e.